The normalized spacial score (nSPS) is 22.1. The highest BCUT2D eigenvalue weighted by molar-refractivity contribution is 5.89. The number of nitrogens with one attached hydrogen (secondary N) is 1. The van der Waals surface area contributed by atoms with Crippen LogP contribution in [0.15, 0.2) is 39.7 Å². The van der Waals surface area contributed by atoms with Gasteiger partial charge in [0.1, 0.15) is 18.2 Å². The van der Waals surface area contributed by atoms with Crippen LogP contribution in [0.4, 0.5) is 9.59 Å². The predicted octanol–water partition coefficient (Wildman–Crippen LogP) is 2.17. The molecule has 3 fully saturated rings. The van der Waals surface area contributed by atoms with E-state index in [9.17, 15) is 9.59 Å². The smallest absolute Gasteiger partial charge is 0.437 e. The van der Waals surface area contributed by atoms with Crippen LogP contribution in [-0.4, -0.2) is 80.5 Å². The molecule has 3 N–H and O–H groups in total. The van der Waals surface area contributed by atoms with Gasteiger partial charge in [-0.2, -0.15) is 5.06 Å². The zero-order chi connectivity index (χ0) is 26.9. The summed E-state index contributed by atoms with van der Waals surface area (Å²) in [5, 5.41) is 13.2. The highest BCUT2D eigenvalue weighted by atomic mass is 16.7. The Bertz CT molecular complexity index is 1170. The topological polar surface area (TPSA) is 152 Å². The molecule has 0 radical (unpaired) electrons. The number of hydroxylamine groups is 2. The van der Waals surface area contributed by atoms with E-state index in [1.54, 1.807) is 30.6 Å². The van der Waals surface area contributed by atoms with Gasteiger partial charge in [-0.3, -0.25) is 4.84 Å². The van der Waals surface area contributed by atoms with E-state index < -0.39 is 11.7 Å². The van der Waals surface area contributed by atoms with E-state index in [0.29, 0.717) is 44.6 Å². The minimum atomic E-state index is -0.707. The lowest BCUT2D eigenvalue weighted by atomic mass is 10.0. The number of carbonyl (C=O) groups is 2. The molecular formula is C25H34N8O5. The molecule has 13 nitrogen and oxygen atoms in total. The van der Waals surface area contributed by atoms with Crippen LogP contribution in [0, 0.1) is 0 Å². The molecule has 38 heavy (non-hydrogen) atoms. The number of nitrogens with two attached hydrogens (primary N) is 1. The Balaban J connectivity index is 1.08. The second kappa shape index (κ2) is 10.6. The largest absolute Gasteiger partial charge is 0.442 e. The first-order valence-electron chi connectivity index (χ1n) is 12.8. The standard InChI is InChI=1S/C25H34N8O5/c1-25(2,3)38-23(34)28-22(26)31-12-17(13-31)27-11-20-29-30-21(37-20)19-10-9-18-14-32(19)24(35)33(18)36-15-16-7-5-4-6-8-16/h4-8,17-19,27H,9-15H2,1-3H3,(H2,26,28,34)/t18?,19-/m0/s1. The number of amides is 3. The lowest BCUT2D eigenvalue weighted by Gasteiger charge is -2.40. The van der Waals surface area contributed by atoms with Crippen molar-refractivity contribution in [1.82, 2.24) is 30.4 Å². The Morgan fingerprint density at radius 2 is 1.95 bits per heavy atom. The molecule has 1 aromatic carbocycles. The number of piperidine rings is 1. The van der Waals surface area contributed by atoms with Crippen molar-refractivity contribution in [3.63, 3.8) is 0 Å². The van der Waals surface area contributed by atoms with Gasteiger partial charge in [-0.15, -0.1) is 15.2 Å². The van der Waals surface area contributed by atoms with Gasteiger partial charge < -0.3 is 30.0 Å². The number of hydrogen-bond donors (Lipinski definition) is 2. The molecule has 2 atom stereocenters. The molecule has 1 aromatic heterocycles. The Morgan fingerprint density at radius 3 is 2.68 bits per heavy atom. The Kier molecular flexibility index (Phi) is 7.21. The summed E-state index contributed by atoms with van der Waals surface area (Å²) >= 11 is 0. The number of rotatable bonds is 7. The van der Waals surface area contributed by atoms with Crippen LogP contribution in [0.2, 0.25) is 0 Å². The van der Waals surface area contributed by atoms with Crippen LogP contribution < -0.4 is 11.1 Å². The van der Waals surface area contributed by atoms with E-state index in [2.05, 4.69) is 20.5 Å². The molecule has 2 aromatic rings. The molecule has 3 aliphatic heterocycles. The first-order valence-corrected chi connectivity index (χ1v) is 12.8. The number of guanidine groups is 1. The van der Waals surface area contributed by atoms with Gasteiger partial charge in [0.05, 0.1) is 12.6 Å². The number of aromatic nitrogens is 2. The summed E-state index contributed by atoms with van der Waals surface area (Å²) in [5.41, 5.74) is 6.30. The van der Waals surface area contributed by atoms with E-state index in [1.807, 2.05) is 30.3 Å². The number of aliphatic imine (C=N–C) groups is 1. The number of urea groups is 1. The Labute approximate surface area is 220 Å². The van der Waals surface area contributed by atoms with Crippen molar-refractivity contribution in [2.75, 3.05) is 19.6 Å². The van der Waals surface area contributed by atoms with Gasteiger partial charge in [0, 0.05) is 25.7 Å². The molecule has 3 aliphatic rings. The summed E-state index contributed by atoms with van der Waals surface area (Å²) in [6.07, 6.45) is 0.813. The minimum absolute atomic E-state index is 0.0133. The zero-order valence-electron chi connectivity index (χ0n) is 21.9. The lowest BCUT2D eigenvalue weighted by Crippen LogP contribution is -2.61. The van der Waals surface area contributed by atoms with Gasteiger partial charge in [-0.1, -0.05) is 30.3 Å². The summed E-state index contributed by atoms with van der Waals surface area (Å²) in [6, 6.07) is 9.48. The highest BCUT2D eigenvalue weighted by Gasteiger charge is 2.47. The van der Waals surface area contributed by atoms with Crippen molar-refractivity contribution >= 4 is 18.1 Å². The second-order valence-electron chi connectivity index (χ2n) is 10.7. The highest BCUT2D eigenvalue weighted by Crippen LogP contribution is 2.38. The summed E-state index contributed by atoms with van der Waals surface area (Å²) < 4.78 is 11.1. The lowest BCUT2D eigenvalue weighted by molar-refractivity contribution is -0.140. The van der Waals surface area contributed by atoms with Crippen molar-refractivity contribution in [1.29, 1.82) is 0 Å². The maximum atomic E-state index is 13.1. The quantitative estimate of drug-likeness (QED) is 0.405. The predicted molar refractivity (Wildman–Crippen MR) is 135 cm³/mol. The second-order valence-corrected chi connectivity index (χ2v) is 10.7. The third-order valence-corrected chi connectivity index (χ3v) is 6.65. The fourth-order valence-corrected chi connectivity index (χ4v) is 4.72. The molecule has 0 spiro atoms. The maximum Gasteiger partial charge on any atom is 0.437 e. The molecule has 1 unspecified atom stereocenters. The van der Waals surface area contributed by atoms with Gasteiger partial charge in [-0.25, -0.2) is 9.59 Å². The number of hydrogen-bond acceptors (Lipinski definition) is 8. The minimum Gasteiger partial charge on any atom is -0.442 e. The third kappa shape index (κ3) is 5.89. The van der Waals surface area contributed by atoms with Crippen LogP contribution in [-0.2, 0) is 22.7 Å². The molecule has 4 heterocycles. The molecule has 13 heteroatoms. The van der Waals surface area contributed by atoms with E-state index in [1.165, 1.54) is 5.06 Å². The first-order chi connectivity index (χ1) is 18.2. The summed E-state index contributed by atoms with van der Waals surface area (Å²) in [6.45, 7) is 7.78. The molecule has 3 saturated heterocycles. The number of benzene rings is 1. The Hall–Kier alpha value is -3.71. The van der Waals surface area contributed by atoms with E-state index >= 15 is 0 Å². The van der Waals surface area contributed by atoms with Crippen LogP contribution in [0.5, 0.6) is 0 Å². The molecule has 0 aliphatic carbocycles. The fourth-order valence-electron chi connectivity index (χ4n) is 4.72. The summed E-state index contributed by atoms with van der Waals surface area (Å²) in [5.74, 6) is 1.01. The van der Waals surface area contributed by atoms with Crippen molar-refractivity contribution in [3.8, 4) is 0 Å². The van der Waals surface area contributed by atoms with E-state index in [4.69, 9.17) is 19.7 Å². The van der Waals surface area contributed by atoms with Gasteiger partial charge in [0.25, 0.3) is 0 Å². The van der Waals surface area contributed by atoms with Gasteiger partial charge >= 0.3 is 12.1 Å². The van der Waals surface area contributed by atoms with Crippen molar-refractivity contribution in [3.05, 3.63) is 47.7 Å². The number of carbonyl (C=O) groups excluding carboxylic acids is 2. The van der Waals surface area contributed by atoms with Gasteiger partial charge in [0.15, 0.2) is 0 Å². The summed E-state index contributed by atoms with van der Waals surface area (Å²) in [7, 11) is 0. The van der Waals surface area contributed by atoms with Crippen LogP contribution in [0.25, 0.3) is 0 Å². The van der Waals surface area contributed by atoms with Crippen LogP contribution >= 0.6 is 0 Å². The molecule has 5 rings (SSSR count). The van der Waals surface area contributed by atoms with Crippen molar-refractivity contribution in [2.45, 2.75) is 70.5 Å². The molecule has 0 saturated carbocycles. The van der Waals surface area contributed by atoms with Crippen LogP contribution in [0.3, 0.4) is 0 Å². The van der Waals surface area contributed by atoms with E-state index in [0.717, 1.165) is 18.4 Å². The number of fused-ring (bicyclic) bond motifs is 2. The van der Waals surface area contributed by atoms with E-state index in [-0.39, 0.29) is 30.1 Å². The molecule has 204 valence electrons. The SMILES string of the molecule is CC(C)(C)OC(=O)/N=C(\N)N1CC(NCc2nnc([C@@H]3CCC4CN3C(=O)N4OCc3ccccc3)o2)C1. The molecule has 3 amide bonds. The number of likely N-dealkylation sites (tertiary alicyclic amines) is 1. The van der Waals surface area contributed by atoms with Crippen molar-refractivity contribution in [2.24, 2.45) is 10.7 Å². The molecular weight excluding hydrogens is 492 g/mol. The average molecular weight is 527 g/mol. The first kappa shape index (κ1) is 25.9. The molecule has 2 bridgehead atoms. The fraction of sp³-hybridized carbons (Fsp3) is 0.560. The van der Waals surface area contributed by atoms with Crippen LogP contribution in [0.1, 0.15) is 57.0 Å². The summed E-state index contributed by atoms with van der Waals surface area (Å²) in [4.78, 5) is 38.1. The maximum absolute atomic E-state index is 13.1. The van der Waals surface area contributed by atoms with Crippen molar-refractivity contribution < 1.29 is 23.6 Å². The number of nitrogens with zero attached hydrogens (tertiary/aromatic N) is 6. The number of ether oxygens (including phenoxy) is 1. The monoisotopic (exact) mass is 526 g/mol. The Morgan fingerprint density at radius 1 is 1.18 bits per heavy atom. The van der Waals surface area contributed by atoms with Gasteiger partial charge in [-0.05, 0) is 39.2 Å². The zero-order valence-corrected chi connectivity index (χ0v) is 21.9. The average Bonchev–Trinajstić information content (AvgIpc) is 3.39. The van der Waals surface area contributed by atoms with Gasteiger partial charge in [0.2, 0.25) is 17.7 Å². The third-order valence-electron chi connectivity index (χ3n) is 6.65.